The molecule has 2 aromatic rings. The van der Waals surface area contributed by atoms with E-state index in [-0.39, 0.29) is 36.0 Å². The number of nitrogens with two attached hydrogens (primary N) is 1. The summed E-state index contributed by atoms with van der Waals surface area (Å²) in [6.07, 6.45) is 0.875. The molecule has 0 amide bonds. The Balaban J connectivity index is 0.00000242. The molecular formula is C17H17NNaO2S. The van der Waals surface area contributed by atoms with Gasteiger partial charge in [-0.2, -0.15) is 0 Å². The van der Waals surface area contributed by atoms with Gasteiger partial charge >= 0.3 is 5.97 Å². The van der Waals surface area contributed by atoms with Gasteiger partial charge in [0.1, 0.15) is 0 Å². The molecule has 0 heterocycles. The number of hydrogen-bond acceptors (Lipinski definition) is 3. The molecule has 3 N–H and O–H groups in total. The first-order chi connectivity index (χ1) is 10.0. The second kappa shape index (κ2) is 8.44. The smallest absolute Gasteiger partial charge is 0.307 e. The number of benzene rings is 2. The molecule has 0 atom stereocenters. The zero-order valence-electron chi connectivity index (χ0n) is 12.8. The molecule has 0 saturated heterocycles. The minimum absolute atomic E-state index is 0. The van der Waals surface area contributed by atoms with Crippen LogP contribution in [0, 0.1) is 0 Å². The van der Waals surface area contributed by atoms with E-state index < -0.39 is 5.97 Å². The molecule has 3 nitrogen and oxygen atoms in total. The molecule has 0 saturated carbocycles. The van der Waals surface area contributed by atoms with Crippen LogP contribution in [0.1, 0.15) is 29.2 Å². The number of para-hydroxylation sites is 1. The van der Waals surface area contributed by atoms with Crippen LogP contribution in [0.4, 0.5) is 5.69 Å². The van der Waals surface area contributed by atoms with Crippen LogP contribution >= 0.6 is 12.2 Å². The Kier molecular flexibility index (Phi) is 7.23. The summed E-state index contributed by atoms with van der Waals surface area (Å²) in [7, 11) is 0. The molecule has 2 aromatic carbocycles. The quantitative estimate of drug-likeness (QED) is 0.384. The van der Waals surface area contributed by atoms with Crippen molar-refractivity contribution < 1.29 is 9.90 Å². The van der Waals surface area contributed by atoms with E-state index in [0.717, 1.165) is 12.0 Å². The summed E-state index contributed by atoms with van der Waals surface area (Å²) in [6.45, 7) is 2.10. The van der Waals surface area contributed by atoms with E-state index in [2.05, 4.69) is 6.92 Å². The number of carboxylic acids is 1. The Bertz CT molecular complexity index is 684. The monoisotopic (exact) mass is 322 g/mol. The zero-order chi connectivity index (χ0) is 15.4. The largest absolute Gasteiger partial charge is 0.481 e. The number of hydrogen-bond donors (Lipinski definition) is 2. The molecule has 2 rings (SSSR count). The van der Waals surface area contributed by atoms with Crippen LogP contribution in [0.3, 0.4) is 0 Å². The van der Waals surface area contributed by atoms with Crippen molar-refractivity contribution in [2.24, 2.45) is 0 Å². The van der Waals surface area contributed by atoms with Crippen molar-refractivity contribution >= 4 is 58.3 Å². The second-order valence-electron chi connectivity index (χ2n) is 4.83. The molecular weight excluding hydrogens is 305 g/mol. The first-order valence-corrected chi connectivity index (χ1v) is 7.16. The summed E-state index contributed by atoms with van der Waals surface area (Å²) in [6, 6.07) is 13.4. The van der Waals surface area contributed by atoms with Crippen molar-refractivity contribution in [3.63, 3.8) is 0 Å². The number of carboxylic acid groups (broad SMARTS) is 1. The molecule has 5 heteroatoms. The predicted molar refractivity (Wildman–Crippen MR) is 94.6 cm³/mol. The summed E-state index contributed by atoms with van der Waals surface area (Å²) in [4.78, 5) is 11.5. The normalized spacial score (nSPS) is 9.86. The molecule has 0 aliphatic rings. The van der Waals surface area contributed by atoms with Gasteiger partial charge in [0, 0.05) is 40.8 Å². The Hall–Kier alpha value is -1.20. The molecule has 0 aliphatic heterocycles. The maximum absolute atomic E-state index is 10.9. The molecule has 0 aliphatic carbocycles. The van der Waals surface area contributed by atoms with Crippen molar-refractivity contribution in [1.29, 1.82) is 0 Å². The number of carbonyl (C=O) groups is 1. The van der Waals surface area contributed by atoms with Gasteiger partial charge in [0.15, 0.2) is 0 Å². The number of aryl methyl sites for hydroxylation is 1. The number of aliphatic carboxylic acids is 1. The topological polar surface area (TPSA) is 63.3 Å². The van der Waals surface area contributed by atoms with Crippen LogP contribution in [-0.4, -0.2) is 45.5 Å². The average Bonchev–Trinajstić information content (AvgIpc) is 2.48. The molecule has 1 radical (unpaired) electrons. The fourth-order valence-corrected chi connectivity index (χ4v) is 2.49. The Morgan fingerprint density at radius 3 is 2.36 bits per heavy atom. The van der Waals surface area contributed by atoms with Gasteiger partial charge in [-0.05, 0) is 23.1 Å². The van der Waals surface area contributed by atoms with Crippen molar-refractivity contribution in [1.82, 2.24) is 0 Å². The van der Waals surface area contributed by atoms with Gasteiger partial charge in [-0.25, -0.2) is 0 Å². The molecule has 109 valence electrons. The van der Waals surface area contributed by atoms with Gasteiger partial charge in [0.2, 0.25) is 0 Å². The van der Waals surface area contributed by atoms with Crippen molar-refractivity contribution in [3.05, 3.63) is 64.7 Å². The number of anilines is 1. The van der Waals surface area contributed by atoms with Gasteiger partial charge in [-0.15, -0.1) is 0 Å². The standard InChI is InChI=1S/C17H17NO2S.Na/c1-2-11-6-8-12(9-7-11)17(21)14-5-3-4-13(16(14)18)10-15(19)20;/h3-9H,2,10,18H2,1H3,(H,19,20);. The number of nitrogen functional groups attached to an aromatic ring is 1. The Morgan fingerprint density at radius 2 is 1.82 bits per heavy atom. The van der Waals surface area contributed by atoms with Gasteiger partial charge in [0.25, 0.3) is 0 Å². The fourth-order valence-electron chi connectivity index (χ4n) is 2.18. The molecule has 0 fully saturated rings. The zero-order valence-corrected chi connectivity index (χ0v) is 15.6. The van der Waals surface area contributed by atoms with Crippen molar-refractivity contribution in [2.45, 2.75) is 19.8 Å². The van der Waals surface area contributed by atoms with Crippen molar-refractivity contribution in [2.75, 3.05) is 5.73 Å². The Labute approximate surface area is 157 Å². The SMILES string of the molecule is CCc1ccc(C(=S)c2cccc(CC(=O)O)c2N)cc1.[Na]. The Morgan fingerprint density at radius 1 is 1.18 bits per heavy atom. The molecule has 0 aromatic heterocycles. The summed E-state index contributed by atoms with van der Waals surface area (Å²) >= 11 is 5.50. The number of thiocarbonyl (C=S) groups is 1. The van der Waals surface area contributed by atoms with E-state index in [0.29, 0.717) is 21.7 Å². The molecule has 0 bridgehead atoms. The van der Waals surface area contributed by atoms with Gasteiger partial charge < -0.3 is 10.8 Å². The van der Waals surface area contributed by atoms with E-state index in [1.54, 1.807) is 12.1 Å². The minimum atomic E-state index is -0.905. The van der Waals surface area contributed by atoms with E-state index in [9.17, 15) is 4.79 Å². The maximum Gasteiger partial charge on any atom is 0.307 e. The molecule has 22 heavy (non-hydrogen) atoms. The first-order valence-electron chi connectivity index (χ1n) is 6.75. The summed E-state index contributed by atoms with van der Waals surface area (Å²) in [5.74, 6) is -0.905. The van der Waals surface area contributed by atoms with E-state index in [4.69, 9.17) is 23.1 Å². The van der Waals surface area contributed by atoms with Gasteiger partial charge in [0.05, 0.1) is 11.3 Å². The summed E-state index contributed by atoms with van der Waals surface area (Å²) in [5.41, 5.74) is 9.99. The van der Waals surface area contributed by atoms with Crippen LogP contribution in [0.15, 0.2) is 42.5 Å². The molecule has 0 spiro atoms. The summed E-state index contributed by atoms with van der Waals surface area (Å²) in [5, 5.41) is 8.91. The number of rotatable bonds is 5. The third-order valence-electron chi connectivity index (χ3n) is 3.41. The third kappa shape index (κ3) is 4.40. The van der Waals surface area contributed by atoms with E-state index in [1.165, 1.54) is 5.56 Å². The van der Waals surface area contributed by atoms with Crippen LogP contribution in [0.25, 0.3) is 0 Å². The fraction of sp³-hybridized carbons (Fsp3) is 0.176. The van der Waals surface area contributed by atoms with Crippen LogP contribution in [0.2, 0.25) is 0 Å². The third-order valence-corrected chi connectivity index (χ3v) is 3.86. The van der Waals surface area contributed by atoms with Gasteiger partial charge in [-0.1, -0.05) is 61.6 Å². The maximum atomic E-state index is 10.9. The van der Waals surface area contributed by atoms with E-state index >= 15 is 0 Å². The predicted octanol–water partition coefficient (Wildman–Crippen LogP) is 2.84. The summed E-state index contributed by atoms with van der Waals surface area (Å²) < 4.78 is 0. The molecule has 0 unspecified atom stereocenters. The first kappa shape index (κ1) is 18.8. The average molecular weight is 322 g/mol. The van der Waals surface area contributed by atoms with Gasteiger partial charge in [-0.3, -0.25) is 4.79 Å². The van der Waals surface area contributed by atoms with Crippen LogP contribution in [-0.2, 0) is 17.6 Å². The van der Waals surface area contributed by atoms with Crippen molar-refractivity contribution in [3.8, 4) is 0 Å². The second-order valence-corrected chi connectivity index (χ2v) is 5.24. The minimum Gasteiger partial charge on any atom is -0.481 e. The van der Waals surface area contributed by atoms with Crippen LogP contribution < -0.4 is 5.73 Å². The van der Waals surface area contributed by atoms with E-state index in [1.807, 2.05) is 30.3 Å². The van der Waals surface area contributed by atoms with Crippen LogP contribution in [0.5, 0.6) is 0 Å².